The number of fused-ring (bicyclic) bond motifs is 1. The molecular formula is C19H24IN7O. The first-order chi connectivity index (χ1) is 13.2. The van der Waals surface area contributed by atoms with Gasteiger partial charge in [0.25, 0.3) is 5.91 Å². The first kappa shape index (κ1) is 21.6. The average molecular weight is 493 g/mol. The summed E-state index contributed by atoms with van der Waals surface area (Å²) in [5.74, 6) is 1.37. The number of aromatic nitrogens is 3. The Morgan fingerprint density at radius 3 is 2.68 bits per heavy atom. The minimum atomic E-state index is -0.0689. The van der Waals surface area contributed by atoms with E-state index in [1.165, 1.54) is 0 Å². The lowest BCUT2D eigenvalue weighted by Crippen LogP contribution is -2.36. The molecule has 9 heteroatoms. The lowest BCUT2D eigenvalue weighted by molar-refractivity contribution is 0.0955. The Hall–Kier alpha value is -2.69. The number of amides is 1. The smallest absolute Gasteiger partial charge is 0.251 e. The summed E-state index contributed by atoms with van der Waals surface area (Å²) in [5.41, 5.74) is 2.45. The number of pyridine rings is 1. The van der Waals surface area contributed by atoms with Crippen LogP contribution in [0.3, 0.4) is 0 Å². The highest BCUT2D eigenvalue weighted by molar-refractivity contribution is 14.0. The van der Waals surface area contributed by atoms with Crippen LogP contribution in [0.15, 0.2) is 53.7 Å². The van der Waals surface area contributed by atoms with Gasteiger partial charge in [0.1, 0.15) is 0 Å². The molecule has 0 aliphatic carbocycles. The van der Waals surface area contributed by atoms with Gasteiger partial charge in [0.15, 0.2) is 17.4 Å². The number of hydrogen-bond donors (Lipinski definition) is 3. The Morgan fingerprint density at radius 2 is 1.89 bits per heavy atom. The zero-order chi connectivity index (χ0) is 19.1. The minimum Gasteiger partial charge on any atom is -0.352 e. The molecule has 8 nitrogen and oxygen atoms in total. The molecule has 3 rings (SSSR count). The van der Waals surface area contributed by atoms with E-state index in [1.807, 2.05) is 53.9 Å². The molecule has 0 radical (unpaired) electrons. The van der Waals surface area contributed by atoms with Gasteiger partial charge in [-0.25, -0.2) is 0 Å². The summed E-state index contributed by atoms with van der Waals surface area (Å²) < 4.78 is 1.93. The summed E-state index contributed by atoms with van der Waals surface area (Å²) in [6.45, 7) is 3.55. The van der Waals surface area contributed by atoms with E-state index in [0.29, 0.717) is 31.2 Å². The highest BCUT2D eigenvalue weighted by atomic mass is 127. The summed E-state index contributed by atoms with van der Waals surface area (Å²) in [6, 6.07) is 13.3. The van der Waals surface area contributed by atoms with Crippen LogP contribution in [0, 0.1) is 0 Å². The second-order valence-corrected chi connectivity index (χ2v) is 5.88. The summed E-state index contributed by atoms with van der Waals surface area (Å²) in [5, 5.41) is 17.6. The molecule has 0 aliphatic rings. The fourth-order valence-corrected chi connectivity index (χ4v) is 2.67. The van der Waals surface area contributed by atoms with Gasteiger partial charge in [-0.3, -0.25) is 14.2 Å². The number of aliphatic imine (C=N–C) groups is 1. The number of rotatable bonds is 6. The molecule has 0 saturated carbocycles. The number of carbonyl (C=O) groups excluding carboxylic acids is 1. The van der Waals surface area contributed by atoms with Crippen LogP contribution in [0.5, 0.6) is 0 Å². The van der Waals surface area contributed by atoms with E-state index in [9.17, 15) is 4.79 Å². The fourth-order valence-electron chi connectivity index (χ4n) is 2.67. The normalized spacial score (nSPS) is 11.0. The molecule has 148 valence electrons. The molecule has 28 heavy (non-hydrogen) atoms. The van der Waals surface area contributed by atoms with Gasteiger partial charge in [0, 0.05) is 31.9 Å². The Morgan fingerprint density at radius 1 is 1.07 bits per heavy atom. The number of halogens is 1. The summed E-state index contributed by atoms with van der Waals surface area (Å²) in [6.07, 6.45) is 1.93. The fraction of sp³-hybridized carbons (Fsp3) is 0.263. The highest BCUT2D eigenvalue weighted by Gasteiger charge is 2.07. The average Bonchev–Trinajstić information content (AvgIpc) is 3.12. The first-order valence-electron chi connectivity index (χ1n) is 8.81. The van der Waals surface area contributed by atoms with Gasteiger partial charge < -0.3 is 16.0 Å². The van der Waals surface area contributed by atoms with Crippen molar-refractivity contribution in [1.82, 2.24) is 30.5 Å². The molecular weight excluding hydrogens is 469 g/mol. The standard InChI is InChI=1S/C19H23N7O.HI/c1-3-21-18(27)15-8-6-7-14(11-15)12-22-19(20-2)23-13-17-25-24-16-9-4-5-10-26(16)17;/h4-11H,3,12-13H2,1-2H3,(H,21,27)(H2,20,22,23);1H. The molecule has 0 atom stereocenters. The molecule has 0 bridgehead atoms. The van der Waals surface area contributed by atoms with E-state index in [4.69, 9.17) is 0 Å². The van der Waals surface area contributed by atoms with E-state index in [1.54, 1.807) is 13.1 Å². The third-order valence-corrected chi connectivity index (χ3v) is 4.01. The molecule has 0 unspecified atom stereocenters. The van der Waals surface area contributed by atoms with Gasteiger partial charge in [-0.2, -0.15) is 0 Å². The van der Waals surface area contributed by atoms with Crippen LogP contribution in [-0.2, 0) is 13.1 Å². The van der Waals surface area contributed by atoms with Crippen molar-refractivity contribution >= 4 is 41.5 Å². The van der Waals surface area contributed by atoms with Crippen molar-refractivity contribution in [1.29, 1.82) is 0 Å². The first-order valence-corrected chi connectivity index (χ1v) is 8.81. The minimum absolute atomic E-state index is 0. The molecule has 3 N–H and O–H groups in total. The lowest BCUT2D eigenvalue weighted by atomic mass is 10.1. The van der Waals surface area contributed by atoms with Crippen molar-refractivity contribution in [3.63, 3.8) is 0 Å². The molecule has 0 spiro atoms. The van der Waals surface area contributed by atoms with Gasteiger partial charge in [0.05, 0.1) is 6.54 Å². The van der Waals surface area contributed by atoms with Crippen molar-refractivity contribution in [3.05, 3.63) is 65.6 Å². The van der Waals surface area contributed by atoms with Crippen LogP contribution in [0.1, 0.15) is 28.7 Å². The number of nitrogens with one attached hydrogen (secondary N) is 3. The van der Waals surface area contributed by atoms with Crippen LogP contribution < -0.4 is 16.0 Å². The zero-order valence-corrected chi connectivity index (χ0v) is 18.2. The summed E-state index contributed by atoms with van der Waals surface area (Å²) in [4.78, 5) is 16.2. The molecule has 2 heterocycles. The number of carbonyl (C=O) groups is 1. The van der Waals surface area contributed by atoms with Crippen molar-refractivity contribution in [3.8, 4) is 0 Å². The second kappa shape index (κ2) is 10.6. The van der Waals surface area contributed by atoms with Crippen LogP contribution in [0.4, 0.5) is 0 Å². The predicted octanol–water partition coefficient (Wildman–Crippen LogP) is 1.96. The Balaban J connectivity index is 0.00000280. The molecule has 1 amide bonds. The lowest BCUT2D eigenvalue weighted by Gasteiger charge is -2.12. The molecule has 0 aliphatic heterocycles. The third-order valence-electron chi connectivity index (χ3n) is 4.01. The molecule has 3 aromatic rings. The van der Waals surface area contributed by atoms with E-state index in [0.717, 1.165) is 17.0 Å². The van der Waals surface area contributed by atoms with Crippen molar-refractivity contribution in [2.45, 2.75) is 20.0 Å². The van der Waals surface area contributed by atoms with E-state index >= 15 is 0 Å². The van der Waals surface area contributed by atoms with Crippen molar-refractivity contribution in [2.24, 2.45) is 4.99 Å². The SMILES string of the molecule is CCNC(=O)c1cccc(CNC(=NC)NCc2nnc3ccccn23)c1.I. The molecule has 2 aromatic heterocycles. The summed E-state index contributed by atoms with van der Waals surface area (Å²) >= 11 is 0. The van der Waals surface area contributed by atoms with Gasteiger partial charge in [-0.1, -0.05) is 18.2 Å². The van der Waals surface area contributed by atoms with Crippen LogP contribution in [0.25, 0.3) is 5.65 Å². The Kier molecular flexibility index (Phi) is 8.18. The Labute approximate surface area is 180 Å². The quantitative estimate of drug-likeness (QED) is 0.277. The number of guanidine groups is 1. The van der Waals surface area contributed by atoms with Crippen molar-refractivity contribution < 1.29 is 4.79 Å². The molecule has 1 aromatic carbocycles. The molecule has 0 fully saturated rings. The number of benzene rings is 1. The van der Waals surface area contributed by atoms with Crippen LogP contribution >= 0.6 is 24.0 Å². The maximum absolute atomic E-state index is 11.9. The third kappa shape index (κ3) is 5.41. The van der Waals surface area contributed by atoms with Gasteiger partial charge in [0.2, 0.25) is 0 Å². The topological polar surface area (TPSA) is 95.7 Å². The second-order valence-electron chi connectivity index (χ2n) is 5.88. The van der Waals surface area contributed by atoms with Crippen molar-refractivity contribution in [2.75, 3.05) is 13.6 Å². The van der Waals surface area contributed by atoms with E-state index in [2.05, 4.69) is 31.1 Å². The van der Waals surface area contributed by atoms with Gasteiger partial charge >= 0.3 is 0 Å². The number of hydrogen-bond acceptors (Lipinski definition) is 4. The zero-order valence-electron chi connectivity index (χ0n) is 15.8. The van der Waals surface area contributed by atoms with E-state index in [-0.39, 0.29) is 29.9 Å². The number of nitrogens with zero attached hydrogens (tertiary/aromatic N) is 4. The largest absolute Gasteiger partial charge is 0.352 e. The van der Waals surface area contributed by atoms with Gasteiger partial charge in [-0.15, -0.1) is 34.2 Å². The monoisotopic (exact) mass is 493 g/mol. The maximum atomic E-state index is 11.9. The van der Waals surface area contributed by atoms with Gasteiger partial charge in [-0.05, 0) is 36.8 Å². The predicted molar refractivity (Wildman–Crippen MR) is 120 cm³/mol. The highest BCUT2D eigenvalue weighted by Crippen LogP contribution is 2.05. The Bertz CT molecular complexity index is 954. The summed E-state index contributed by atoms with van der Waals surface area (Å²) in [7, 11) is 1.71. The van der Waals surface area contributed by atoms with Crippen LogP contribution in [0.2, 0.25) is 0 Å². The maximum Gasteiger partial charge on any atom is 0.251 e. The molecule has 0 saturated heterocycles. The van der Waals surface area contributed by atoms with E-state index < -0.39 is 0 Å². The van der Waals surface area contributed by atoms with Crippen LogP contribution in [-0.4, -0.2) is 40.1 Å².